The van der Waals surface area contributed by atoms with Crippen LogP contribution in [-0.4, -0.2) is 29.5 Å². The molecule has 1 fully saturated rings. The number of nitrogens with one attached hydrogen (secondary N) is 2. The minimum atomic E-state index is -0.408. The number of pyridine rings is 1. The number of fused-ring (bicyclic) bond motifs is 6. The van der Waals surface area contributed by atoms with Crippen molar-refractivity contribution >= 4 is 5.91 Å². The highest BCUT2D eigenvalue weighted by Gasteiger charge is 2.47. The van der Waals surface area contributed by atoms with Crippen LogP contribution in [0.25, 0.3) is 22.5 Å². The summed E-state index contributed by atoms with van der Waals surface area (Å²) in [5.74, 6) is -0.156. The molecule has 2 N–H and O–H groups in total. The van der Waals surface area contributed by atoms with Gasteiger partial charge in [-0.05, 0) is 61.1 Å². The molecule has 0 unspecified atom stereocenters. The summed E-state index contributed by atoms with van der Waals surface area (Å²) in [7, 11) is 1.45. The van der Waals surface area contributed by atoms with Crippen molar-refractivity contribution in [3.63, 3.8) is 0 Å². The Balaban J connectivity index is 1.50. The van der Waals surface area contributed by atoms with E-state index >= 15 is 0 Å². The zero-order chi connectivity index (χ0) is 20.5. The molecule has 3 heterocycles. The highest BCUT2D eigenvalue weighted by Crippen LogP contribution is 2.49. The fourth-order valence-corrected chi connectivity index (χ4v) is 5.28. The first-order chi connectivity index (χ1) is 14.6. The Labute approximate surface area is 173 Å². The van der Waals surface area contributed by atoms with Gasteiger partial charge in [0.2, 0.25) is 0 Å². The first-order valence-corrected chi connectivity index (χ1v) is 10.5. The second-order valence-corrected chi connectivity index (χ2v) is 8.62. The van der Waals surface area contributed by atoms with Crippen LogP contribution < -0.4 is 10.1 Å². The summed E-state index contributed by atoms with van der Waals surface area (Å²) in [4.78, 5) is 21.0. The number of amides is 1. The molecule has 1 amide bonds. The van der Waals surface area contributed by atoms with Crippen LogP contribution in [0.15, 0.2) is 30.5 Å². The minimum absolute atomic E-state index is 0.0370. The summed E-state index contributed by atoms with van der Waals surface area (Å²) in [6.07, 6.45) is 6.98. The number of H-pyrrole nitrogens is 1. The fourth-order valence-electron chi connectivity index (χ4n) is 5.28. The maximum atomic E-state index is 14.2. The number of carbonyl (C=O) groups excluding carboxylic acids is 1. The lowest BCUT2D eigenvalue weighted by molar-refractivity contribution is 0.0892. The third-order valence-electron chi connectivity index (χ3n) is 7.11. The Hall–Kier alpha value is -3.15. The predicted octanol–water partition coefficient (Wildman–Crippen LogP) is 4.16. The van der Waals surface area contributed by atoms with Crippen molar-refractivity contribution < 1.29 is 13.9 Å². The Morgan fingerprint density at radius 2 is 2.07 bits per heavy atom. The van der Waals surface area contributed by atoms with Gasteiger partial charge in [0.15, 0.2) is 11.6 Å². The molecule has 0 bridgehead atoms. The number of hydrogen-bond donors (Lipinski definition) is 2. The second-order valence-electron chi connectivity index (χ2n) is 8.62. The van der Waals surface area contributed by atoms with Crippen molar-refractivity contribution in [2.45, 2.75) is 37.5 Å². The van der Waals surface area contributed by atoms with Gasteiger partial charge in [0, 0.05) is 35.0 Å². The van der Waals surface area contributed by atoms with E-state index in [0.29, 0.717) is 11.3 Å². The quantitative estimate of drug-likeness (QED) is 0.675. The largest absolute Gasteiger partial charge is 0.494 e. The Bertz CT molecular complexity index is 1210. The van der Waals surface area contributed by atoms with Gasteiger partial charge in [0.1, 0.15) is 0 Å². The number of methoxy groups -OCH3 is 1. The average molecular weight is 403 g/mol. The molecule has 152 valence electrons. The zero-order valence-corrected chi connectivity index (χ0v) is 16.8. The molecule has 3 aromatic rings. The zero-order valence-electron chi connectivity index (χ0n) is 16.8. The molecule has 6 rings (SSSR count). The van der Waals surface area contributed by atoms with Gasteiger partial charge in [0.05, 0.1) is 24.1 Å². The highest BCUT2D eigenvalue weighted by molar-refractivity contribution is 6.01. The number of halogens is 1. The summed E-state index contributed by atoms with van der Waals surface area (Å²) in [5, 5.41) is 3.12. The third kappa shape index (κ3) is 2.33. The molecule has 1 aliphatic heterocycles. The normalized spacial score (nSPS) is 18.1. The maximum absolute atomic E-state index is 14.2. The molecule has 5 nitrogen and oxygen atoms in total. The number of benzene rings is 1. The van der Waals surface area contributed by atoms with E-state index in [1.807, 2.05) is 18.3 Å². The number of carbonyl (C=O) groups is 1. The van der Waals surface area contributed by atoms with Gasteiger partial charge >= 0.3 is 0 Å². The second kappa shape index (κ2) is 6.17. The number of rotatable bonds is 2. The van der Waals surface area contributed by atoms with Gasteiger partial charge in [-0.25, -0.2) is 4.39 Å². The van der Waals surface area contributed by atoms with Crippen molar-refractivity contribution in [3.05, 3.63) is 58.7 Å². The van der Waals surface area contributed by atoms with E-state index in [2.05, 4.69) is 15.3 Å². The van der Waals surface area contributed by atoms with Gasteiger partial charge in [-0.1, -0.05) is 6.42 Å². The van der Waals surface area contributed by atoms with Crippen molar-refractivity contribution in [1.82, 2.24) is 15.3 Å². The van der Waals surface area contributed by atoms with E-state index in [1.165, 1.54) is 19.6 Å². The molecule has 0 saturated heterocycles. The number of aromatic amines is 1. The number of aromatic nitrogens is 2. The fraction of sp³-hybridized carbons (Fsp3) is 0.333. The van der Waals surface area contributed by atoms with Gasteiger partial charge in [-0.2, -0.15) is 0 Å². The molecule has 2 aliphatic carbocycles. The van der Waals surface area contributed by atoms with Crippen LogP contribution in [-0.2, 0) is 18.3 Å². The van der Waals surface area contributed by atoms with E-state index in [4.69, 9.17) is 4.74 Å². The highest BCUT2D eigenvalue weighted by atomic mass is 19.1. The molecule has 0 radical (unpaired) electrons. The van der Waals surface area contributed by atoms with Crippen molar-refractivity contribution in [3.8, 4) is 28.3 Å². The molecular formula is C24H22FN3O2. The molecule has 1 spiro atoms. The summed E-state index contributed by atoms with van der Waals surface area (Å²) in [6, 6.07) is 6.90. The van der Waals surface area contributed by atoms with Gasteiger partial charge < -0.3 is 15.0 Å². The van der Waals surface area contributed by atoms with Crippen LogP contribution in [0.3, 0.4) is 0 Å². The molecule has 1 aromatic carbocycles. The van der Waals surface area contributed by atoms with Gasteiger partial charge in [0.25, 0.3) is 5.91 Å². The standard InChI is InChI=1S/C24H22FN3O2/c1-30-19-6-4-13(9-17(19)25)18-10-16-14(11-26-18)3-5-15-20-22(28-21(15)16)24(7-2-8-24)12-27-23(20)29/h4,6,9-11,28H,2-3,5,7-8,12H2,1H3,(H,27,29). The van der Waals surface area contributed by atoms with Crippen LogP contribution in [0.1, 0.15) is 46.4 Å². The van der Waals surface area contributed by atoms with E-state index in [-0.39, 0.29) is 17.1 Å². The Morgan fingerprint density at radius 1 is 1.20 bits per heavy atom. The smallest absolute Gasteiger partial charge is 0.253 e. The Morgan fingerprint density at radius 3 is 2.80 bits per heavy atom. The molecule has 0 atom stereocenters. The number of hydrogen-bond acceptors (Lipinski definition) is 3. The summed E-state index contributed by atoms with van der Waals surface area (Å²) >= 11 is 0. The van der Waals surface area contributed by atoms with Crippen LogP contribution in [0, 0.1) is 5.82 Å². The van der Waals surface area contributed by atoms with Gasteiger partial charge in [-0.15, -0.1) is 0 Å². The van der Waals surface area contributed by atoms with Crippen LogP contribution in [0.4, 0.5) is 4.39 Å². The first-order valence-electron chi connectivity index (χ1n) is 10.5. The topological polar surface area (TPSA) is 67.0 Å². The van der Waals surface area contributed by atoms with E-state index < -0.39 is 5.82 Å². The summed E-state index contributed by atoms with van der Waals surface area (Å²) < 4.78 is 19.3. The monoisotopic (exact) mass is 403 g/mol. The SMILES string of the molecule is COc1ccc(-c2cc3c(cn2)CCc2c-3[nH]c3c2C(=O)NCC32CCC2)cc1F. The molecular weight excluding hydrogens is 381 g/mol. The molecule has 3 aliphatic rings. The van der Waals surface area contributed by atoms with E-state index in [1.54, 1.807) is 6.07 Å². The van der Waals surface area contributed by atoms with Crippen molar-refractivity contribution in [2.24, 2.45) is 0 Å². The van der Waals surface area contributed by atoms with Gasteiger partial charge in [-0.3, -0.25) is 9.78 Å². The lowest BCUT2D eigenvalue weighted by Crippen LogP contribution is -2.51. The Kier molecular flexibility index (Phi) is 3.64. The van der Waals surface area contributed by atoms with E-state index in [0.717, 1.165) is 65.9 Å². The molecule has 1 saturated carbocycles. The average Bonchev–Trinajstić information content (AvgIpc) is 3.14. The number of nitrogens with zero attached hydrogens (tertiary/aromatic N) is 1. The first kappa shape index (κ1) is 17.7. The van der Waals surface area contributed by atoms with Crippen molar-refractivity contribution in [1.29, 1.82) is 0 Å². The summed E-state index contributed by atoms with van der Waals surface area (Å²) in [6.45, 7) is 0.720. The van der Waals surface area contributed by atoms with Crippen LogP contribution >= 0.6 is 0 Å². The molecule has 6 heteroatoms. The lowest BCUT2D eigenvalue weighted by atomic mass is 9.64. The maximum Gasteiger partial charge on any atom is 0.253 e. The minimum Gasteiger partial charge on any atom is -0.494 e. The lowest BCUT2D eigenvalue weighted by Gasteiger charge is -2.44. The number of aryl methyl sites for hydroxylation is 1. The van der Waals surface area contributed by atoms with Crippen molar-refractivity contribution in [2.75, 3.05) is 13.7 Å². The van der Waals surface area contributed by atoms with Crippen LogP contribution in [0.5, 0.6) is 5.75 Å². The predicted molar refractivity (Wildman–Crippen MR) is 111 cm³/mol. The summed E-state index contributed by atoms with van der Waals surface area (Å²) in [5.41, 5.74) is 7.80. The van der Waals surface area contributed by atoms with Crippen LogP contribution in [0.2, 0.25) is 0 Å². The number of ether oxygens (including phenoxy) is 1. The van der Waals surface area contributed by atoms with E-state index in [9.17, 15) is 9.18 Å². The molecule has 30 heavy (non-hydrogen) atoms. The molecule has 2 aromatic heterocycles. The third-order valence-corrected chi connectivity index (χ3v) is 7.11.